The first kappa shape index (κ1) is 21.2. The number of benzene rings is 3. The van der Waals surface area contributed by atoms with Crippen LogP contribution in [0, 0.1) is 0 Å². The highest BCUT2D eigenvalue weighted by molar-refractivity contribution is 6.20. The van der Waals surface area contributed by atoms with Crippen LogP contribution in [0.5, 0.6) is 0 Å². The van der Waals surface area contributed by atoms with Gasteiger partial charge in [0.1, 0.15) is 11.5 Å². The van der Waals surface area contributed by atoms with Gasteiger partial charge in [0.05, 0.1) is 0 Å². The number of hydrogen-bond acceptors (Lipinski definition) is 2. The molecule has 0 spiro atoms. The van der Waals surface area contributed by atoms with Gasteiger partial charge < -0.3 is 9.55 Å². The summed E-state index contributed by atoms with van der Waals surface area (Å²) in [6, 6.07) is 26.5. The Balaban J connectivity index is 1.37. The van der Waals surface area contributed by atoms with E-state index < -0.39 is 0 Å². The molecule has 3 heterocycles. The van der Waals surface area contributed by atoms with Crippen LogP contribution in [0.3, 0.4) is 0 Å². The summed E-state index contributed by atoms with van der Waals surface area (Å²) in [5.41, 5.74) is 5.90. The molecule has 5 nitrogen and oxygen atoms in total. The number of nitrogens with zero attached hydrogens (tertiary/aromatic N) is 3. The number of carbonyl (C=O) groups excluding carboxylic acids is 1. The van der Waals surface area contributed by atoms with E-state index in [4.69, 9.17) is 4.99 Å². The van der Waals surface area contributed by atoms with E-state index in [1.807, 2.05) is 71.8 Å². The number of H-pyrrole nitrogens is 1. The van der Waals surface area contributed by atoms with Gasteiger partial charge in [0, 0.05) is 58.4 Å². The molecule has 0 unspecified atom stereocenters. The van der Waals surface area contributed by atoms with E-state index in [0.29, 0.717) is 18.1 Å². The second-order valence-corrected chi connectivity index (χ2v) is 8.78. The lowest BCUT2D eigenvalue weighted by Gasteiger charge is -2.18. The van der Waals surface area contributed by atoms with Crippen LogP contribution in [0.4, 0.5) is 0 Å². The van der Waals surface area contributed by atoms with Crippen LogP contribution in [0.25, 0.3) is 27.9 Å². The SMILES string of the molecule is CCn1cc(C=C2N=C(c3ccccc3)N(CCc3c[nH]c4ccccc34)C2=O)c2ccccc21. The maximum atomic E-state index is 13.7. The van der Waals surface area contributed by atoms with Gasteiger partial charge >= 0.3 is 0 Å². The van der Waals surface area contributed by atoms with Crippen molar-refractivity contribution in [1.82, 2.24) is 14.5 Å². The molecule has 1 aliphatic rings. The molecule has 2 aromatic heterocycles. The molecule has 0 radical (unpaired) electrons. The summed E-state index contributed by atoms with van der Waals surface area (Å²) in [5, 5.41) is 2.32. The third-order valence-corrected chi connectivity index (χ3v) is 6.71. The third kappa shape index (κ3) is 3.75. The van der Waals surface area contributed by atoms with Gasteiger partial charge in [-0.1, -0.05) is 66.7 Å². The van der Waals surface area contributed by atoms with Crippen molar-refractivity contribution in [2.75, 3.05) is 6.54 Å². The first-order valence-corrected chi connectivity index (χ1v) is 12.0. The number of para-hydroxylation sites is 2. The predicted octanol–water partition coefficient (Wildman–Crippen LogP) is 6.02. The summed E-state index contributed by atoms with van der Waals surface area (Å²) in [6.45, 7) is 3.55. The van der Waals surface area contributed by atoms with Crippen LogP contribution in [-0.2, 0) is 17.8 Å². The molecule has 0 saturated heterocycles. The Morgan fingerprint density at radius 2 is 1.66 bits per heavy atom. The highest BCUT2D eigenvalue weighted by Gasteiger charge is 2.31. The molecule has 172 valence electrons. The van der Waals surface area contributed by atoms with Crippen LogP contribution >= 0.6 is 0 Å². The van der Waals surface area contributed by atoms with Crippen LogP contribution < -0.4 is 0 Å². The number of aliphatic imine (C=N–C) groups is 1. The van der Waals surface area contributed by atoms with Crippen molar-refractivity contribution in [2.24, 2.45) is 4.99 Å². The number of amidine groups is 1. The number of hydrogen-bond donors (Lipinski definition) is 1. The first-order valence-electron chi connectivity index (χ1n) is 12.0. The highest BCUT2D eigenvalue weighted by atomic mass is 16.2. The topological polar surface area (TPSA) is 53.4 Å². The molecule has 0 atom stereocenters. The third-order valence-electron chi connectivity index (χ3n) is 6.71. The molecule has 6 rings (SSSR count). The van der Waals surface area contributed by atoms with E-state index >= 15 is 0 Å². The second kappa shape index (κ2) is 8.76. The van der Waals surface area contributed by atoms with E-state index in [1.165, 1.54) is 10.9 Å². The largest absolute Gasteiger partial charge is 0.361 e. The van der Waals surface area contributed by atoms with Crippen molar-refractivity contribution in [3.05, 3.63) is 114 Å². The molecule has 1 N–H and O–H groups in total. The fourth-order valence-corrected chi connectivity index (χ4v) is 4.94. The Morgan fingerprint density at radius 3 is 2.49 bits per heavy atom. The summed E-state index contributed by atoms with van der Waals surface area (Å²) in [7, 11) is 0. The molecular weight excluding hydrogens is 432 g/mol. The monoisotopic (exact) mass is 458 g/mol. The fraction of sp³-hybridized carbons (Fsp3) is 0.133. The summed E-state index contributed by atoms with van der Waals surface area (Å²) in [4.78, 5) is 23.7. The van der Waals surface area contributed by atoms with Gasteiger partial charge in [-0.25, -0.2) is 4.99 Å². The van der Waals surface area contributed by atoms with E-state index in [9.17, 15) is 4.79 Å². The van der Waals surface area contributed by atoms with Crippen molar-refractivity contribution < 1.29 is 4.79 Å². The quantitative estimate of drug-likeness (QED) is 0.311. The van der Waals surface area contributed by atoms with Gasteiger partial charge in [-0.2, -0.15) is 0 Å². The summed E-state index contributed by atoms with van der Waals surface area (Å²) in [6.07, 6.45) is 6.83. The molecular formula is C30H26N4O. The lowest BCUT2D eigenvalue weighted by atomic mass is 10.1. The zero-order valence-electron chi connectivity index (χ0n) is 19.6. The molecule has 35 heavy (non-hydrogen) atoms. The van der Waals surface area contributed by atoms with Gasteiger partial charge in [-0.05, 0) is 37.1 Å². The van der Waals surface area contributed by atoms with Crippen LogP contribution in [0.1, 0.15) is 23.6 Å². The van der Waals surface area contributed by atoms with E-state index in [-0.39, 0.29) is 5.91 Å². The molecule has 0 bridgehead atoms. The van der Waals surface area contributed by atoms with E-state index in [0.717, 1.165) is 40.5 Å². The molecule has 1 amide bonds. The highest BCUT2D eigenvalue weighted by Crippen LogP contribution is 2.28. The lowest BCUT2D eigenvalue weighted by molar-refractivity contribution is -0.122. The minimum Gasteiger partial charge on any atom is -0.361 e. The summed E-state index contributed by atoms with van der Waals surface area (Å²) in [5.74, 6) is 0.651. The van der Waals surface area contributed by atoms with Crippen LogP contribution in [0.2, 0.25) is 0 Å². The van der Waals surface area contributed by atoms with Gasteiger partial charge in [-0.3, -0.25) is 9.69 Å². The van der Waals surface area contributed by atoms with Crippen LogP contribution in [-0.4, -0.2) is 32.7 Å². The number of fused-ring (bicyclic) bond motifs is 2. The Kier molecular flexibility index (Phi) is 5.30. The minimum absolute atomic E-state index is 0.0583. The summed E-state index contributed by atoms with van der Waals surface area (Å²) < 4.78 is 2.21. The van der Waals surface area contributed by atoms with Gasteiger partial charge in [0.15, 0.2) is 0 Å². The average molecular weight is 459 g/mol. The second-order valence-electron chi connectivity index (χ2n) is 8.78. The maximum absolute atomic E-state index is 13.7. The van der Waals surface area contributed by atoms with Crippen molar-refractivity contribution in [3.63, 3.8) is 0 Å². The molecule has 1 aliphatic heterocycles. The minimum atomic E-state index is -0.0583. The Hall–Kier alpha value is -4.38. The van der Waals surface area contributed by atoms with Crippen molar-refractivity contribution >= 4 is 39.6 Å². The average Bonchev–Trinajstić information content (AvgIpc) is 3.58. The number of aromatic amines is 1. The zero-order chi connectivity index (χ0) is 23.8. The van der Waals surface area contributed by atoms with E-state index in [2.05, 4.69) is 46.9 Å². The number of aromatic nitrogens is 2. The molecule has 0 fully saturated rings. The first-order chi connectivity index (χ1) is 17.2. The van der Waals surface area contributed by atoms with Gasteiger partial charge in [0.25, 0.3) is 5.91 Å². The fourth-order valence-electron chi connectivity index (χ4n) is 4.94. The molecule has 3 aromatic carbocycles. The smallest absolute Gasteiger partial charge is 0.278 e. The predicted molar refractivity (Wildman–Crippen MR) is 142 cm³/mol. The molecule has 5 heteroatoms. The Morgan fingerprint density at radius 1 is 0.914 bits per heavy atom. The molecule has 0 aliphatic carbocycles. The number of rotatable bonds is 6. The lowest BCUT2D eigenvalue weighted by Crippen LogP contribution is -2.34. The standard InChI is InChI=1S/C30H26N4O/c1-2-33-20-23(25-13-7-9-15-28(25)33)18-27-30(35)34(29(32-27)21-10-4-3-5-11-21)17-16-22-19-31-26-14-8-6-12-24(22)26/h3-15,18-20,31H,2,16-17H2,1H3. The molecule has 5 aromatic rings. The van der Waals surface area contributed by atoms with E-state index in [1.54, 1.807) is 0 Å². The Bertz CT molecular complexity index is 1600. The van der Waals surface area contributed by atoms with Crippen molar-refractivity contribution in [3.8, 4) is 0 Å². The van der Waals surface area contributed by atoms with Gasteiger partial charge in [-0.15, -0.1) is 0 Å². The van der Waals surface area contributed by atoms with Crippen molar-refractivity contribution in [2.45, 2.75) is 19.9 Å². The van der Waals surface area contributed by atoms with Crippen molar-refractivity contribution in [1.29, 1.82) is 0 Å². The summed E-state index contributed by atoms with van der Waals surface area (Å²) >= 11 is 0. The normalized spacial score (nSPS) is 15.0. The van der Waals surface area contributed by atoms with Crippen LogP contribution in [0.15, 0.2) is 102 Å². The Labute approximate surface area is 204 Å². The molecule has 0 saturated carbocycles. The van der Waals surface area contributed by atoms with Gasteiger partial charge in [0.2, 0.25) is 0 Å². The number of nitrogens with one attached hydrogen (secondary N) is 1. The zero-order valence-corrected chi connectivity index (χ0v) is 19.6. The number of carbonyl (C=O) groups is 1. The number of aryl methyl sites for hydroxylation is 1. The number of amides is 1. The maximum Gasteiger partial charge on any atom is 0.278 e.